The van der Waals surface area contributed by atoms with Crippen molar-refractivity contribution < 1.29 is 50.0 Å². The highest BCUT2D eigenvalue weighted by atomic mass is 16.7. The number of ether oxygens (including phenoxy) is 2. The highest BCUT2D eigenvalue weighted by molar-refractivity contribution is 5.80. The zero-order valence-corrected chi connectivity index (χ0v) is 38.4. The molecule has 11 nitrogen and oxygen atoms in total. The Morgan fingerprint density at radius 1 is 0.590 bits per heavy atom. The molecule has 1 heterocycles. The third kappa shape index (κ3) is 29.2. The largest absolute Gasteiger partial charge is 0.394 e. The van der Waals surface area contributed by atoms with E-state index in [0.717, 1.165) is 32.1 Å². The van der Waals surface area contributed by atoms with Crippen LogP contribution >= 0.6 is 0 Å². The van der Waals surface area contributed by atoms with E-state index in [-0.39, 0.29) is 12.8 Å². The highest BCUT2D eigenvalue weighted by Gasteiger charge is 2.44. The lowest BCUT2D eigenvalue weighted by atomic mass is 9.99. The number of aliphatic hydroxyl groups excluding tert-OH is 7. The summed E-state index contributed by atoms with van der Waals surface area (Å²) < 4.78 is 11.1. The average molecular weight is 866 g/mol. The second-order valence-corrected chi connectivity index (χ2v) is 17.2. The van der Waals surface area contributed by atoms with Crippen molar-refractivity contribution in [3.63, 3.8) is 0 Å². The molecule has 0 aromatic heterocycles. The lowest BCUT2D eigenvalue weighted by molar-refractivity contribution is -0.303. The van der Waals surface area contributed by atoms with Crippen molar-refractivity contribution in [1.29, 1.82) is 0 Å². The number of hydrogen-bond donors (Lipinski definition) is 8. The first-order valence-corrected chi connectivity index (χ1v) is 24.5. The predicted octanol–water partition coefficient (Wildman–Crippen LogP) is 8.56. The number of carbonyl (C=O) groups excluding carboxylic acids is 1. The molecule has 356 valence electrons. The van der Waals surface area contributed by atoms with Crippen LogP contribution in [0.2, 0.25) is 0 Å². The molecular weight excluding hydrogens is 775 g/mol. The van der Waals surface area contributed by atoms with Gasteiger partial charge in [-0.1, -0.05) is 172 Å². The number of allylic oxidation sites excluding steroid dienone is 7. The zero-order valence-electron chi connectivity index (χ0n) is 38.4. The van der Waals surface area contributed by atoms with Crippen LogP contribution in [0.5, 0.6) is 0 Å². The second-order valence-electron chi connectivity index (χ2n) is 17.2. The van der Waals surface area contributed by atoms with Gasteiger partial charge in [-0.15, -0.1) is 0 Å². The predicted molar refractivity (Wildman–Crippen MR) is 247 cm³/mol. The van der Waals surface area contributed by atoms with Crippen LogP contribution in [0, 0.1) is 0 Å². The Labute approximate surface area is 370 Å². The van der Waals surface area contributed by atoms with Crippen LogP contribution in [0.4, 0.5) is 0 Å². The van der Waals surface area contributed by atoms with E-state index >= 15 is 0 Å². The number of unbranched alkanes of at least 4 members (excludes halogenated alkanes) is 21. The van der Waals surface area contributed by atoms with E-state index in [0.29, 0.717) is 12.8 Å². The lowest BCUT2D eigenvalue weighted by Gasteiger charge is -2.40. The van der Waals surface area contributed by atoms with Crippen molar-refractivity contribution in [2.75, 3.05) is 13.2 Å². The second kappa shape index (κ2) is 39.6. The van der Waals surface area contributed by atoms with Crippen LogP contribution in [-0.4, -0.2) is 110 Å². The van der Waals surface area contributed by atoms with Crippen LogP contribution in [0.1, 0.15) is 194 Å². The molecule has 11 heteroatoms. The fourth-order valence-electron chi connectivity index (χ4n) is 7.49. The van der Waals surface area contributed by atoms with Crippen molar-refractivity contribution in [3.05, 3.63) is 48.6 Å². The molecule has 0 aliphatic carbocycles. The Hall–Kier alpha value is -1.93. The van der Waals surface area contributed by atoms with Gasteiger partial charge in [0.2, 0.25) is 5.91 Å². The summed E-state index contributed by atoms with van der Waals surface area (Å²) in [5.41, 5.74) is 0. The van der Waals surface area contributed by atoms with E-state index in [4.69, 9.17) is 9.47 Å². The zero-order chi connectivity index (χ0) is 44.8. The third-order valence-electron chi connectivity index (χ3n) is 11.6. The first-order valence-electron chi connectivity index (χ1n) is 24.5. The summed E-state index contributed by atoms with van der Waals surface area (Å²) in [6.45, 7) is 3.38. The van der Waals surface area contributed by atoms with Gasteiger partial charge in [-0.3, -0.25) is 4.79 Å². The Morgan fingerprint density at radius 3 is 1.57 bits per heavy atom. The van der Waals surface area contributed by atoms with Gasteiger partial charge in [0.15, 0.2) is 6.29 Å². The summed E-state index contributed by atoms with van der Waals surface area (Å²) in [6.07, 6.45) is 36.1. The van der Waals surface area contributed by atoms with Crippen LogP contribution in [0.25, 0.3) is 0 Å². The van der Waals surface area contributed by atoms with Crippen LogP contribution in [-0.2, 0) is 14.3 Å². The van der Waals surface area contributed by atoms with Gasteiger partial charge in [0.05, 0.1) is 25.4 Å². The van der Waals surface area contributed by atoms with E-state index in [1.54, 1.807) is 6.08 Å². The van der Waals surface area contributed by atoms with Crippen molar-refractivity contribution in [2.45, 2.75) is 249 Å². The highest BCUT2D eigenvalue weighted by Crippen LogP contribution is 2.23. The van der Waals surface area contributed by atoms with Crippen LogP contribution < -0.4 is 5.32 Å². The number of nitrogens with one attached hydrogen (secondary N) is 1. The van der Waals surface area contributed by atoms with E-state index in [1.165, 1.54) is 122 Å². The molecule has 8 N–H and O–H groups in total. The maximum atomic E-state index is 13.1. The lowest BCUT2D eigenvalue weighted by Crippen LogP contribution is -2.60. The van der Waals surface area contributed by atoms with Crippen molar-refractivity contribution in [1.82, 2.24) is 5.32 Å². The van der Waals surface area contributed by atoms with Gasteiger partial charge in [-0.25, -0.2) is 0 Å². The Morgan fingerprint density at radius 2 is 1.05 bits per heavy atom. The minimum Gasteiger partial charge on any atom is -0.394 e. The maximum absolute atomic E-state index is 13.1. The summed E-state index contributed by atoms with van der Waals surface area (Å²) in [7, 11) is 0. The molecule has 1 aliphatic heterocycles. The molecule has 0 bridgehead atoms. The SMILES string of the molecule is CCCCCCCCCC/C=C/C/C=C\CCC[C@@H](O)C(=O)N[C@@H](CO[C@@H]1O[C@H](CO)[C@@H](O)[C@H](O)[C@H]1O)[C@H](O)[C@H](O)C/C=C\CC/C=C/CCCCCCCCCCCCC. The molecule has 1 rings (SSSR count). The standard InChI is InChI=1S/C50H91NO10/c1-3-5-7-9-11-13-15-17-19-21-22-24-25-27-29-31-33-35-37-42(53)45(55)41(40-60-50-48(58)47(57)46(56)44(39-52)61-50)51-49(59)43(54)38-36-34-32-30-28-26-23-20-18-16-14-12-10-8-6-4-2/h23,25-27,30,32-33,35,41-48,50,52-58H,3-22,24,28-29,31,34,36-40H2,1-2H3,(H,51,59)/b26-23+,27-25+,32-30-,35-33-/t41-,42+,43+,44+,45-,46+,47-,48+,50+/m0/s1. The number of aliphatic hydroxyl groups is 7. The topological polar surface area (TPSA) is 189 Å². The van der Waals surface area contributed by atoms with E-state index in [9.17, 15) is 40.5 Å². The Balaban J connectivity index is 2.51. The van der Waals surface area contributed by atoms with Gasteiger partial charge in [0.1, 0.15) is 36.6 Å². The fraction of sp³-hybridized carbons (Fsp3) is 0.820. The van der Waals surface area contributed by atoms with Gasteiger partial charge in [-0.2, -0.15) is 0 Å². The van der Waals surface area contributed by atoms with Crippen molar-refractivity contribution >= 4 is 5.91 Å². The van der Waals surface area contributed by atoms with Crippen LogP contribution in [0.15, 0.2) is 48.6 Å². The monoisotopic (exact) mass is 866 g/mol. The minimum atomic E-state index is -1.68. The third-order valence-corrected chi connectivity index (χ3v) is 11.6. The van der Waals surface area contributed by atoms with Crippen molar-refractivity contribution in [2.24, 2.45) is 0 Å². The Bertz CT molecular complexity index is 1130. The smallest absolute Gasteiger partial charge is 0.249 e. The molecule has 0 unspecified atom stereocenters. The Kier molecular flexibility index (Phi) is 37.1. The van der Waals surface area contributed by atoms with E-state index in [1.807, 2.05) is 12.2 Å². The van der Waals surface area contributed by atoms with Gasteiger partial charge in [0, 0.05) is 0 Å². The number of carbonyl (C=O) groups is 1. The van der Waals surface area contributed by atoms with Gasteiger partial charge < -0.3 is 50.5 Å². The molecule has 1 amide bonds. The molecule has 0 aromatic rings. The molecule has 1 saturated heterocycles. The summed E-state index contributed by atoms with van der Waals surface area (Å²) in [6, 6.07) is -1.23. The molecular formula is C50H91NO10. The first-order chi connectivity index (χ1) is 29.7. The maximum Gasteiger partial charge on any atom is 0.249 e. The van der Waals surface area contributed by atoms with Crippen LogP contribution in [0.3, 0.4) is 0 Å². The average Bonchev–Trinajstić information content (AvgIpc) is 3.26. The number of hydrogen-bond acceptors (Lipinski definition) is 10. The molecule has 0 spiro atoms. The van der Waals surface area contributed by atoms with Gasteiger partial charge in [-0.05, 0) is 70.6 Å². The molecule has 0 aromatic carbocycles. The quantitative estimate of drug-likeness (QED) is 0.0219. The first kappa shape index (κ1) is 57.1. The summed E-state index contributed by atoms with van der Waals surface area (Å²) in [4.78, 5) is 13.1. The molecule has 1 fully saturated rings. The number of amides is 1. The summed E-state index contributed by atoms with van der Waals surface area (Å²) in [5, 5.41) is 75.6. The summed E-state index contributed by atoms with van der Waals surface area (Å²) >= 11 is 0. The molecule has 0 radical (unpaired) electrons. The van der Waals surface area contributed by atoms with Gasteiger partial charge in [0.25, 0.3) is 0 Å². The van der Waals surface area contributed by atoms with Gasteiger partial charge >= 0.3 is 0 Å². The summed E-state index contributed by atoms with van der Waals surface area (Å²) in [5.74, 6) is -0.753. The number of rotatable bonds is 40. The minimum absolute atomic E-state index is 0.0965. The van der Waals surface area contributed by atoms with E-state index in [2.05, 4.69) is 49.5 Å². The molecule has 1 aliphatic rings. The van der Waals surface area contributed by atoms with E-state index < -0.39 is 74.2 Å². The van der Waals surface area contributed by atoms with Crippen molar-refractivity contribution in [3.8, 4) is 0 Å². The molecule has 9 atom stereocenters. The molecule has 0 saturated carbocycles. The molecule has 61 heavy (non-hydrogen) atoms. The fourth-order valence-corrected chi connectivity index (χ4v) is 7.49. The normalized spacial score (nSPS) is 21.9.